The first-order valence-electron chi connectivity index (χ1n) is 10.5. The quantitative estimate of drug-likeness (QED) is 0.443. The maximum absolute atomic E-state index is 12.2. The molecule has 1 N–H and O–H groups in total. The van der Waals surface area contributed by atoms with Gasteiger partial charge in [0.15, 0.2) is 0 Å². The van der Waals surface area contributed by atoms with Crippen molar-refractivity contribution >= 4 is 17.0 Å². The number of alkyl halides is 3. The van der Waals surface area contributed by atoms with Crippen LogP contribution in [0, 0.1) is 5.41 Å². The van der Waals surface area contributed by atoms with E-state index in [9.17, 15) is 18.0 Å². The first-order chi connectivity index (χ1) is 15.1. The monoisotopic (exact) mass is 448 g/mol. The van der Waals surface area contributed by atoms with E-state index in [-0.39, 0.29) is 5.75 Å². The number of hydrogen-bond acceptors (Lipinski definition) is 4. The fourth-order valence-corrected chi connectivity index (χ4v) is 3.71. The number of benzene rings is 2. The van der Waals surface area contributed by atoms with Crippen LogP contribution in [0.15, 0.2) is 42.5 Å². The molecule has 0 aliphatic heterocycles. The fraction of sp³-hybridized carbons (Fsp3) is 0.417. The maximum Gasteiger partial charge on any atom is 0.573 e. The van der Waals surface area contributed by atoms with E-state index in [1.165, 1.54) is 63.5 Å². The molecule has 0 atom stereocenters. The Bertz CT molecular complexity index is 1050. The maximum atomic E-state index is 12.2. The van der Waals surface area contributed by atoms with Gasteiger partial charge in [0.25, 0.3) is 0 Å². The van der Waals surface area contributed by atoms with Crippen molar-refractivity contribution in [3.05, 3.63) is 48.0 Å². The molecule has 0 spiro atoms. The van der Waals surface area contributed by atoms with Gasteiger partial charge in [0, 0.05) is 5.56 Å². The molecule has 172 valence electrons. The molecule has 1 aliphatic rings. The van der Waals surface area contributed by atoms with Gasteiger partial charge in [-0.1, -0.05) is 33.1 Å². The van der Waals surface area contributed by atoms with Gasteiger partial charge in [-0.2, -0.15) is 0 Å². The molecule has 0 bridgehead atoms. The van der Waals surface area contributed by atoms with Crippen LogP contribution in [0.25, 0.3) is 22.4 Å². The minimum atomic E-state index is -4.73. The second kappa shape index (κ2) is 9.63. The summed E-state index contributed by atoms with van der Waals surface area (Å²) >= 11 is 0. The van der Waals surface area contributed by atoms with E-state index in [0.717, 1.165) is 0 Å². The fourth-order valence-electron chi connectivity index (χ4n) is 3.71. The number of methoxy groups -OCH3 is 1. The van der Waals surface area contributed by atoms with Gasteiger partial charge < -0.3 is 14.5 Å². The summed E-state index contributed by atoms with van der Waals surface area (Å²) in [5.41, 5.74) is 2.87. The molecule has 0 amide bonds. The SMILES string of the molecule is CC1(C)CCCCC1.COC(=O)c1ccc2nc(-c3ccc(OC(F)(F)F)cc3)[nH]c2c1. The van der Waals surface area contributed by atoms with Crippen molar-refractivity contribution in [3.63, 3.8) is 0 Å². The lowest BCUT2D eigenvalue weighted by molar-refractivity contribution is -0.274. The van der Waals surface area contributed by atoms with Gasteiger partial charge in [0.1, 0.15) is 11.6 Å². The summed E-state index contributed by atoms with van der Waals surface area (Å²) < 4.78 is 44.9. The molecular weight excluding hydrogens is 421 g/mol. The molecule has 1 saturated carbocycles. The second-order valence-electron chi connectivity index (χ2n) is 8.61. The Labute approximate surface area is 184 Å². The molecule has 32 heavy (non-hydrogen) atoms. The molecule has 0 radical (unpaired) electrons. The molecule has 0 unspecified atom stereocenters. The predicted molar refractivity (Wildman–Crippen MR) is 116 cm³/mol. The average Bonchev–Trinajstić information content (AvgIpc) is 3.16. The number of H-pyrrole nitrogens is 1. The van der Waals surface area contributed by atoms with Crippen molar-refractivity contribution in [3.8, 4) is 17.1 Å². The number of nitrogens with one attached hydrogen (secondary N) is 1. The highest BCUT2D eigenvalue weighted by molar-refractivity contribution is 5.94. The first-order valence-corrected chi connectivity index (χ1v) is 10.5. The molecule has 0 saturated heterocycles. The van der Waals surface area contributed by atoms with Crippen LogP contribution in [0.5, 0.6) is 5.75 Å². The Hall–Kier alpha value is -3.03. The van der Waals surface area contributed by atoms with Crippen LogP contribution in [0.4, 0.5) is 13.2 Å². The van der Waals surface area contributed by atoms with Crippen molar-refractivity contribution in [2.45, 2.75) is 52.3 Å². The number of carbonyl (C=O) groups is 1. The van der Waals surface area contributed by atoms with E-state index in [4.69, 9.17) is 0 Å². The minimum Gasteiger partial charge on any atom is -0.465 e. The largest absolute Gasteiger partial charge is 0.573 e. The van der Waals surface area contributed by atoms with Crippen LogP contribution in [0.2, 0.25) is 0 Å². The van der Waals surface area contributed by atoms with E-state index >= 15 is 0 Å². The molecule has 1 heterocycles. The molecule has 5 nitrogen and oxygen atoms in total. The summed E-state index contributed by atoms with van der Waals surface area (Å²) in [6.45, 7) is 4.76. The second-order valence-corrected chi connectivity index (χ2v) is 8.61. The Kier molecular flexibility index (Phi) is 7.11. The number of esters is 1. The molecule has 1 fully saturated rings. The first kappa shape index (κ1) is 23.6. The number of halogens is 3. The molecule has 2 aromatic carbocycles. The third-order valence-corrected chi connectivity index (χ3v) is 5.47. The number of fused-ring (bicyclic) bond motifs is 1. The van der Waals surface area contributed by atoms with Gasteiger partial charge >= 0.3 is 12.3 Å². The molecule has 1 aromatic heterocycles. The van der Waals surface area contributed by atoms with E-state index < -0.39 is 12.3 Å². The highest BCUT2D eigenvalue weighted by Crippen LogP contribution is 2.34. The van der Waals surface area contributed by atoms with Crippen LogP contribution >= 0.6 is 0 Å². The normalized spacial score (nSPS) is 15.6. The summed E-state index contributed by atoms with van der Waals surface area (Å²) in [6, 6.07) is 10.2. The summed E-state index contributed by atoms with van der Waals surface area (Å²) in [5, 5.41) is 0. The lowest BCUT2D eigenvalue weighted by Crippen LogP contribution is -2.16. The standard InChI is InChI=1S/C16H11F3N2O3.C8H16/c1-23-15(22)10-4-7-12-13(8-10)21-14(20-12)9-2-5-11(6-3-9)24-16(17,18)19;1-8(2)6-4-3-5-7-8/h2-8H,1H3,(H,20,21);3-7H2,1-2H3. The Balaban J connectivity index is 0.000000305. The van der Waals surface area contributed by atoms with E-state index in [2.05, 4.69) is 33.3 Å². The van der Waals surface area contributed by atoms with Crippen LogP contribution < -0.4 is 4.74 Å². The highest BCUT2D eigenvalue weighted by Gasteiger charge is 2.31. The van der Waals surface area contributed by atoms with E-state index in [1.54, 1.807) is 18.2 Å². The van der Waals surface area contributed by atoms with Gasteiger partial charge in [0.2, 0.25) is 0 Å². The summed E-state index contributed by atoms with van der Waals surface area (Å²) in [4.78, 5) is 18.9. The summed E-state index contributed by atoms with van der Waals surface area (Å²) in [7, 11) is 1.29. The zero-order chi connectivity index (χ0) is 23.4. The Morgan fingerprint density at radius 1 is 1.03 bits per heavy atom. The van der Waals surface area contributed by atoms with Crippen LogP contribution in [-0.2, 0) is 4.74 Å². The third kappa shape index (κ3) is 6.48. The number of hydrogen-bond donors (Lipinski definition) is 1. The van der Waals surface area contributed by atoms with Crippen molar-refractivity contribution in [2.24, 2.45) is 5.41 Å². The number of ether oxygens (including phenoxy) is 2. The third-order valence-electron chi connectivity index (χ3n) is 5.47. The van der Waals surface area contributed by atoms with E-state index in [1.807, 2.05) is 0 Å². The number of imidazole rings is 1. The van der Waals surface area contributed by atoms with Crippen molar-refractivity contribution in [2.75, 3.05) is 7.11 Å². The van der Waals surface area contributed by atoms with Gasteiger partial charge in [-0.3, -0.25) is 0 Å². The van der Waals surface area contributed by atoms with Crippen LogP contribution in [0.3, 0.4) is 0 Å². The highest BCUT2D eigenvalue weighted by atomic mass is 19.4. The van der Waals surface area contributed by atoms with Crippen LogP contribution in [-0.4, -0.2) is 29.4 Å². The number of aromatic amines is 1. The van der Waals surface area contributed by atoms with Crippen molar-refractivity contribution in [1.82, 2.24) is 9.97 Å². The number of aromatic nitrogens is 2. The zero-order valence-electron chi connectivity index (χ0n) is 18.4. The molecule has 4 rings (SSSR count). The average molecular weight is 448 g/mol. The topological polar surface area (TPSA) is 64.2 Å². The summed E-state index contributed by atoms with van der Waals surface area (Å²) in [5.74, 6) is -0.317. The lowest BCUT2D eigenvalue weighted by Gasteiger charge is -2.28. The zero-order valence-corrected chi connectivity index (χ0v) is 18.4. The van der Waals surface area contributed by atoms with Crippen molar-refractivity contribution < 1.29 is 27.4 Å². The Morgan fingerprint density at radius 3 is 2.22 bits per heavy atom. The van der Waals surface area contributed by atoms with Gasteiger partial charge in [-0.05, 0) is 60.7 Å². The molecule has 8 heteroatoms. The van der Waals surface area contributed by atoms with Gasteiger partial charge in [0.05, 0.1) is 23.7 Å². The molecule has 3 aromatic rings. The van der Waals surface area contributed by atoms with Crippen molar-refractivity contribution in [1.29, 1.82) is 0 Å². The van der Waals surface area contributed by atoms with Crippen LogP contribution in [0.1, 0.15) is 56.3 Å². The van der Waals surface area contributed by atoms with E-state index in [0.29, 0.717) is 33.4 Å². The van der Waals surface area contributed by atoms with Gasteiger partial charge in [-0.15, -0.1) is 13.2 Å². The smallest absolute Gasteiger partial charge is 0.465 e. The Morgan fingerprint density at radius 2 is 1.69 bits per heavy atom. The summed E-state index contributed by atoms with van der Waals surface area (Å²) in [6.07, 6.45) is 2.58. The molecule has 1 aliphatic carbocycles. The number of rotatable bonds is 3. The van der Waals surface area contributed by atoms with Gasteiger partial charge in [-0.25, -0.2) is 9.78 Å². The number of nitrogens with zero attached hydrogens (tertiary/aromatic N) is 1. The minimum absolute atomic E-state index is 0.310. The predicted octanol–water partition coefficient (Wildman–Crippen LogP) is 6.89. The molecular formula is C24H27F3N2O3. The number of carbonyl (C=O) groups excluding carboxylic acids is 1. The lowest BCUT2D eigenvalue weighted by atomic mass is 9.78.